The van der Waals surface area contributed by atoms with Gasteiger partial charge < -0.3 is 14.4 Å². The molecule has 5 nitrogen and oxygen atoms in total. The summed E-state index contributed by atoms with van der Waals surface area (Å²) < 4.78 is 2.14. The summed E-state index contributed by atoms with van der Waals surface area (Å²) in [6.07, 6.45) is 5.85. The molecule has 3 rings (SSSR count). The van der Waals surface area contributed by atoms with Crippen LogP contribution >= 0.6 is 24.2 Å². The third kappa shape index (κ3) is 3.70. The number of benzene rings is 1. The van der Waals surface area contributed by atoms with E-state index < -0.39 is 0 Å². The molecule has 1 amide bonds. The van der Waals surface area contributed by atoms with Crippen LogP contribution in [0.2, 0.25) is 0 Å². The van der Waals surface area contributed by atoms with Crippen LogP contribution < -0.4 is 4.90 Å². The van der Waals surface area contributed by atoms with Crippen LogP contribution in [0.5, 0.6) is 0 Å². The molecule has 1 aromatic heterocycles. The second-order valence-electron chi connectivity index (χ2n) is 5.49. The maximum Gasteiger partial charge on any atom is 0.255 e. The Morgan fingerprint density at radius 1 is 1.21 bits per heavy atom. The summed E-state index contributed by atoms with van der Waals surface area (Å²) in [5, 5.41) is 0. The number of anilines is 1. The Hall–Kier alpha value is -1.66. The molecule has 24 heavy (non-hydrogen) atoms. The number of thioether (sulfide) groups is 1. The first-order chi connectivity index (χ1) is 11.2. The average Bonchev–Trinajstić information content (AvgIpc) is 3.10. The molecule has 0 aliphatic carbocycles. The topological polar surface area (TPSA) is 41.4 Å². The summed E-state index contributed by atoms with van der Waals surface area (Å²) in [6, 6.07) is 7.84. The third-order valence-corrected chi connectivity index (χ3v) is 5.02. The Morgan fingerprint density at radius 2 is 1.92 bits per heavy atom. The van der Waals surface area contributed by atoms with E-state index in [9.17, 15) is 4.79 Å². The van der Waals surface area contributed by atoms with Crippen molar-refractivity contribution in [3.8, 4) is 0 Å². The number of hydrogen-bond donors (Lipinski definition) is 0. The molecule has 1 aliphatic heterocycles. The second-order valence-corrected chi connectivity index (χ2v) is 6.34. The van der Waals surface area contributed by atoms with E-state index in [0.717, 1.165) is 49.1 Å². The van der Waals surface area contributed by atoms with Gasteiger partial charge in [0.05, 0.1) is 5.56 Å². The molecule has 0 spiro atoms. The van der Waals surface area contributed by atoms with E-state index in [4.69, 9.17) is 0 Å². The van der Waals surface area contributed by atoms with Crippen molar-refractivity contribution in [2.75, 3.05) is 37.3 Å². The Kier molecular flexibility index (Phi) is 6.57. The molecule has 0 N–H and O–H groups in total. The Labute approximate surface area is 153 Å². The zero-order chi connectivity index (χ0) is 16.2. The molecular formula is C17H23ClN4OS. The van der Waals surface area contributed by atoms with Gasteiger partial charge in [0.2, 0.25) is 5.95 Å². The lowest BCUT2D eigenvalue weighted by molar-refractivity contribution is 0.0742. The molecule has 130 valence electrons. The van der Waals surface area contributed by atoms with Crippen LogP contribution in [0.4, 0.5) is 5.95 Å². The maximum atomic E-state index is 12.8. The van der Waals surface area contributed by atoms with E-state index in [1.165, 1.54) is 0 Å². The lowest BCUT2D eigenvalue weighted by Gasteiger charge is -2.35. The lowest BCUT2D eigenvalue weighted by Crippen LogP contribution is -2.49. The summed E-state index contributed by atoms with van der Waals surface area (Å²) in [5.41, 5.74) is 0.809. The van der Waals surface area contributed by atoms with Crippen molar-refractivity contribution in [2.45, 2.75) is 18.4 Å². The number of halogens is 1. The lowest BCUT2D eigenvalue weighted by atomic mass is 10.2. The fourth-order valence-electron chi connectivity index (χ4n) is 2.93. The summed E-state index contributed by atoms with van der Waals surface area (Å²) in [4.78, 5) is 22.5. The van der Waals surface area contributed by atoms with Gasteiger partial charge in [0.25, 0.3) is 5.91 Å². The molecule has 0 atom stereocenters. The maximum absolute atomic E-state index is 12.8. The molecule has 0 unspecified atom stereocenters. The van der Waals surface area contributed by atoms with E-state index >= 15 is 0 Å². The van der Waals surface area contributed by atoms with Crippen LogP contribution in [0.15, 0.2) is 41.6 Å². The molecular weight excluding hydrogens is 344 g/mol. The van der Waals surface area contributed by atoms with Gasteiger partial charge in [-0.05, 0) is 25.3 Å². The summed E-state index contributed by atoms with van der Waals surface area (Å²) in [6.45, 7) is 6.14. The fraction of sp³-hybridized carbons (Fsp3) is 0.412. The Balaban J connectivity index is 0.00000208. The standard InChI is InChI=1S/C17H22N4OS.ClH/c1-3-19-9-8-18-17(19)21-12-10-20(11-13-21)16(22)14-6-4-5-7-15(14)23-2;/h4-9H,3,10-13H2,1-2H3;1H. The first kappa shape index (κ1) is 18.7. The minimum absolute atomic E-state index is 0. The number of piperazine rings is 1. The van der Waals surface area contributed by atoms with Crippen molar-refractivity contribution in [3.05, 3.63) is 42.2 Å². The van der Waals surface area contributed by atoms with Crippen molar-refractivity contribution in [3.63, 3.8) is 0 Å². The number of carbonyl (C=O) groups excluding carboxylic acids is 1. The van der Waals surface area contributed by atoms with Crippen molar-refractivity contribution >= 4 is 36.0 Å². The molecule has 0 bridgehead atoms. The normalized spacial score (nSPS) is 14.4. The highest BCUT2D eigenvalue weighted by atomic mass is 35.5. The van der Waals surface area contributed by atoms with E-state index in [1.807, 2.05) is 47.8 Å². The van der Waals surface area contributed by atoms with Crippen LogP contribution in [-0.2, 0) is 6.54 Å². The Morgan fingerprint density at radius 3 is 2.58 bits per heavy atom. The van der Waals surface area contributed by atoms with Gasteiger partial charge in [-0.25, -0.2) is 4.98 Å². The van der Waals surface area contributed by atoms with Crippen molar-refractivity contribution in [1.82, 2.24) is 14.5 Å². The van der Waals surface area contributed by atoms with E-state index in [-0.39, 0.29) is 18.3 Å². The minimum Gasteiger partial charge on any atom is -0.339 e. The number of amides is 1. The molecule has 1 aliphatic rings. The van der Waals surface area contributed by atoms with Gasteiger partial charge in [0.15, 0.2) is 0 Å². The van der Waals surface area contributed by atoms with Crippen LogP contribution in [0.3, 0.4) is 0 Å². The predicted molar refractivity (Wildman–Crippen MR) is 101 cm³/mol. The van der Waals surface area contributed by atoms with E-state index in [2.05, 4.69) is 21.4 Å². The first-order valence-corrected chi connectivity index (χ1v) is 9.15. The van der Waals surface area contributed by atoms with Gasteiger partial charge in [0.1, 0.15) is 0 Å². The smallest absolute Gasteiger partial charge is 0.255 e. The van der Waals surface area contributed by atoms with Crippen molar-refractivity contribution in [2.24, 2.45) is 0 Å². The third-order valence-electron chi connectivity index (χ3n) is 4.22. The molecule has 1 aromatic carbocycles. The first-order valence-electron chi connectivity index (χ1n) is 7.93. The van der Waals surface area contributed by atoms with E-state index in [1.54, 1.807) is 11.8 Å². The predicted octanol–water partition coefficient (Wildman–Crippen LogP) is 3.01. The van der Waals surface area contributed by atoms with E-state index in [0.29, 0.717) is 0 Å². The highest BCUT2D eigenvalue weighted by Gasteiger charge is 2.25. The van der Waals surface area contributed by atoms with Crippen molar-refractivity contribution < 1.29 is 4.79 Å². The fourth-order valence-corrected chi connectivity index (χ4v) is 3.52. The zero-order valence-electron chi connectivity index (χ0n) is 14.0. The van der Waals surface area contributed by atoms with Gasteiger partial charge in [0, 0.05) is 50.0 Å². The van der Waals surface area contributed by atoms with Gasteiger partial charge in [-0.15, -0.1) is 24.2 Å². The SMILES string of the molecule is CCn1ccnc1N1CCN(C(=O)c2ccccc2SC)CC1.Cl. The average molecular weight is 367 g/mol. The van der Waals surface area contributed by atoms with Crippen molar-refractivity contribution in [1.29, 1.82) is 0 Å². The molecule has 1 fully saturated rings. The van der Waals surface area contributed by atoms with Gasteiger partial charge in [-0.3, -0.25) is 4.79 Å². The second kappa shape index (κ2) is 8.44. The van der Waals surface area contributed by atoms with Gasteiger partial charge >= 0.3 is 0 Å². The number of carbonyl (C=O) groups is 1. The Bertz CT molecular complexity index is 683. The van der Waals surface area contributed by atoms with Crippen LogP contribution in [0.1, 0.15) is 17.3 Å². The number of nitrogens with zero attached hydrogens (tertiary/aromatic N) is 4. The number of aromatic nitrogens is 2. The summed E-state index contributed by atoms with van der Waals surface area (Å²) in [5.74, 6) is 1.14. The van der Waals surface area contributed by atoms with Gasteiger partial charge in [-0.2, -0.15) is 0 Å². The molecule has 1 saturated heterocycles. The molecule has 7 heteroatoms. The molecule has 0 radical (unpaired) electrons. The molecule has 2 heterocycles. The molecule has 0 saturated carbocycles. The number of imidazole rings is 1. The highest BCUT2D eigenvalue weighted by molar-refractivity contribution is 7.98. The van der Waals surface area contributed by atoms with Crippen LogP contribution in [-0.4, -0.2) is 52.8 Å². The number of aryl methyl sites for hydroxylation is 1. The largest absolute Gasteiger partial charge is 0.339 e. The summed E-state index contributed by atoms with van der Waals surface area (Å²) >= 11 is 1.62. The number of hydrogen-bond acceptors (Lipinski definition) is 4. The van der Waals surface area contributed by atoms with Gasteiger partial charge in [-0.1, -0.05) is 12.1 Å². The number of rotatable bonds is 4. The molecule has 2 aromatic rings. The highest BCUT2D eigenvalue weighted by Crippen LogP contribution is 2.22. The zero-order valence-corrected chi connectivity index (χ0v) is 15.6. The van der Waals surface area contributed by atoms with Crippen LogP contribution in [0.25, 0.3) is 0 Å². The minimum atomic E-state index is 0. The van der Waals surface area contributed by atoms with Crippen LogP contribution in [0, 0.1) is 0 Å². The monoisotopic (exact) mass is 366 g/mol. The summed E-state index contributed by atoms with van der Waals surface area (Å²) in [7, 11) is 0. The quantitative estimate of drug-likeness (QED) is 0.780.